The lowest BCUT2D eigenvalue weighted by molar-refractivity contribution is 0.0692. The second-order valence-corrected chi connectivity index (χ2v) is 4.96. The molecule has 2 N–H and O–H groups in total. The number of nitrogens with one attached hydrogen (secondary N) is 1. The Labute approximate surface area is 135 Å². The summed E-state index contributed by atoms with van der Waals surface area (Å²) in [5.74, 6) is -2.57. The van der Waals surface area contributed by atoms with E-state index < -0.39 is 17.7 Å². The van der Waals surface area contributed by atoms with E-state index in [0.717, 1.165) is 6.07 Å². The van der Waals surface area contributed by atoms with Crippen molar-refractivity contribution in [3.05, 3.63) is 60.2 Å². The van der Waals surface area contributed by atoms with E-state index in [1.54, 1.807) is 6.20 Å². The third-order valence-corrected chi connectivity index (χ3v) is 3.26. The number of carboxylic acid groups (broad SMARTS) is 1. The molecule has 0 aliphatic rings. The highest BCUT2D eigenvalue weighted by Crippen LogP contribution is 2.19. The summed E-state index contributed by atoms with van der Waals surface area (Å²) >= 11 is 0. The van der Waals surface area contributed by atoms with Gasteiger partial charge in [0.05, 0.1) is 12.0 Å². The first kappa shape index (κ1) is 15.4. The SMILES string of the molecule is Cn1cc(C(=O)O)c(C(=O)Nc2ccc(-n3ccnc3)c(F)c2)n1. The molecule has 0 saturated carbocycles. The molecule has 2 aromatic heterocycles. The number of anilines is 1. The number of halogens is 1. The number of imidazole rings is 1. The largest absolute Gasteiger partial charge is 0.478 e. The first-order valence-corrected chi connectivity index (χ1v) is 6.82. The lowest BCUT2D eigenvalue weighted by Crippen LogP contribution is -2.16. The van der Waals surface area contributed by atoms with E-state index in [9.17, 15) is 14.0 Å². The predicted octanol–water partition coefficient (Wildman–Crippen LogP) is 1.70. The van der Waals surface area contributed by atoms with Crippen LogP contribution < -0.4 is 5.32 Å². The fraction of sp³-hybridized carbons (Fsp3) is 0.0667. The molecule has 3 aromatic rings. The molecule has 8 nitrogen and oxygen atoms in total. The minimum absolute atomic E-state index is 0.184. The highest BCUT2D eigenvalue weighted by molar-refractivity contribution is 6.09. The second-order valence-electron chi connectivity index (χ2n) is 4.96. The molecule has 1 amide bonds. The number of carbonyl (C=O) groups is 2. The summed E-state index contributed by atoms with van der Waals surface area (Å²) < 4.78 is 16.9. The van der Waals surface area contributed by atoms with Crippen molar-refractivity contribution in [1.29, 1.82) is 0 Å². The van der Waals surface area contributed by atoms with E-state index >= 15 is 0 Å². The third-order valence-electron chi connectivity index (χ3n) is 3.26. The maximum atomic E-state index is 14.2. The van der Waals surface area contributed by atoms with Gasteiger partial charge in [-0.1, -0.05) is 0 Å². The van der Waals surface area contributed by atoms with Gasteiger partial charge in [-0.05, 0) is 18.2 Å². The second kappa shape index (κ2) is 5.95. The van der Waals surface area contributed by atoms with Gasteiger partial charge in [0.15, 0.2) is 5.69 Å². The summed E-state index contributed by atoms with van der Waals surface area (Å²) in [4.78, 5) is 27.1. The highest BCUT2D eigenvalue weighted by Gasteiger charge is 2.21. The summed E-state index contributed by atoms with van der Waals surface area (Å²) in [6, 6.07) is 4.11. The minimum atomic E-state index is -1.27. The Balaban J connectivity index is 1.85. The normalized spacial score (nSPS) is 10.6. The first-order chi connectivity index (χ1) is 11.5. The quantitative estimate of drug-likeness (QED) is 0.758. The van der Waals surface area contributed by atoms with Crippen molar-refractivity contribution in [2.45, 2.75) is 0 Å². The van der Waals surface area contributed by atoms with Crippen molar-refractivity contribution in [3.63, 3.8) is 0 Å². The summed E-state index contributed by atoms with van der Waals surface area (Å²) in [6.45, 7) is 0. The van der Waals surface area contributed by atoms with Crippen LogP contribution in [0, 0.1) is 5.82 Å². The number of rotatable bonds is 4. The molecule has 0 aliphatic carbocycles. The van der Waals surface area contributed by atoms with E-state index in [1.807, 2.05) is 0 Å². The molecule has 0 atom stereocenters. The van der Waals surface area contributed by atoms with Crippen LogP contribution >= 0.6 is 0 Å². The van der Waals surface area contributed by atoms with Crippen molar-refractivity contribution in [2.24, 2.45) is 7.05 Å². The van der Waals surface area contributed by atoms with Gasteiger partial charge in [0.1, 0.15) is 11.4 Å². The topological polar surface area (TPSA) is 102 Å². The molecule has 3 rings (SSSR count). The summed E-state index contributed by atoms with van der Waals surface area (Å²) in [7, 11) is 1.50. The van der Waals surface area contributed by atoms with Crippen LogP contribution in [0.5, 0.6) is 0 Å². The summed E-state index contributed by atoms with van der Waals surface area (Å²) in [6.07, 6.45) is 5.77. The third kappa shape index (κ3) is 2.86. The Kier molecular flexibility index (Phi) is 3.82. The molecule has 1 aromatic carbocycles. The standard InChI is InChI=1S/C15H12FN5O3/c1-20-7-10(15(23)24)13(19-20)14(22)18-9-2-3-12(11(16)6-9)21-5-4-17-8-21/h2-8H,1H3,(H,18,22)(H,23,24). The van der Waals surface area contributed by atoms with Crippen LogP contribution in [0.15, 0.2) is 43.1 Å². The molecular formula is C15H12FN5O3. The smallest absolute Gasteiger partial charge is 0.339 e. The molecule has 0 bridgehead atoms. The van der Waals surface area contributed by atoms with Crippen LogP contribution in [0.1, 0.15) is 20.8 Å². The zero-order valence-electron chi connectivity index (χ0n) is 12.5. The van der Waals surface area contributed by atoms with Crippen LogP contribution in [-0.2, 0) is 7.05 Å². The molecule has 122 valence electrons. The lowest BCUT2D eigenvalue weighted by Gasteiger charge is -2.08. The Hall–Kier alpha value is -3.49. The van der Waals surface area contributed by atoms with Crippen molar-refractivity contribution in [2.75, 3.05) is 5.32 Å². The van der Waals surface area contributed by atoms with Gasteiger partial charge in [0, 0.05) is 31.3 Å². The number of nitrogens with zero attached hydrogens (tertiary/aromatic N) is 4. The first-order valence-electron chi connectivity index (χ1n) is 6.82. The molecule has 0 radical (unpaired) electrons. The number of hydrogen-bond donors (Lipinski definition) is 2. The van der Waals surface area contributed by atoms with Gasteiger partial charge in [0.2, 0.25) is 0 Å². The molecule has 0 spiro atoms. The molecule has 0 aliphatic heterocycles. The van der Waals surface area contributed by atoms with Crippen LogP contribution in [-0.4, -0.2) is 36.3 Å². The van der Waals surface area contributed by atoms with Gasteiger partial charge in [-0.15, -0.1) is 0 Å². The number of hydrogen-bond acceptors (Lipinski definition) is 4. The molecular weight excluding hydrogens is 317 g/mol. The van der Waals surface area contributed by atoms with Crippen LogP contribution in [0.2, 0.25) is 0 Å². The van der Waals surface area contributed by atoms with Crippen molar-refractivity contribution >= 4 is 17.6 Å². The van der Waals surface area contributed by atoms with Gasteiger partial charge in [-0.25, -0.2) is 14.2 Å². The van der Waals surface area contributed by atoms with Crippen LogP contribution in [0.4, 0.5) is 10.1 Å². The van der Waals surface area contributed by atoms with E-state index in [2.05, 4.69) is 15.4 Å². The highest BCUT2D eigenvalue weighted by atomic mass is 19.1. The Morgan fingerprint density at radius 2 is 2.12 bits per heavy atom. The monoisotopic (exact) mass is 329 g/mol. The van der Waals surface area contributed by atoms with Gasteiger partial charge in [-0.2, -0.15) is 5.10 Å². The van der Waals surface area contributed by atoms with E-state index in [0.29, 0.717) is 0 Å². The average Bonchev–Trinajstić information content (AvgIpc) is 3.16. The van der Waals surface area contributed by atoms with E-state index in [1.165, 1.54) is 47.2 Å². The molecule has 24 heavy (non-hydrogen) atoms. The predicted molar refractivity (Wildman–Crippen MR) is 81.6 cm³/mol. The van der Waals surface area contributed by atoms with Gasteiger partial charge < -0.3 is 15.0 Å². The zero-order chi connectivity index (χ0) is 17.3. The zero-order valence-corrected chi connectivity index (χ0v) is 12.5. The number of amides is 1. The number of aromatic nitrogens is 4. The van der Waals surface area contributed by atoms with Crippen molar-refractivity contribution in [1.82, 2.24) is 19.3 Å². The molecule has 0 unspecified atom stereocenters. The summed E-state index contributed by atoms with van der Waals surface area (Å²) in [5, 5.41) is 15.3. The number of aryl methyl sites for hydroxylation is 1. The van der Waals surface area contributed by atoms with Crippen LogP contribution in [0.25, 0.3) is 5.69 Å². The van der Waals surface area contributed by atoms with Gasteiger partial charge in [0.25, 0.3) is 5.91 Å². The van der Waals surface area contributed by atoms with Crippen LogP contribution in [0.3, 0.4) is 0 Å². The lowest BCUT2D eigenvalue weighted by atomic mass is 10.2. The Bertz CT molecular complexity index is 917. The fourth-order valence-corrected chi connectivity index (χ4v) is 2.20. The average molecular weight is 329 g/mol. The molecule has 0 fully saturated rings. The Morgan fingerprint density at radius 3 is 2.75 bits per heavy atom. The van der Waals surface area contributed by atoms with Crippen molar-refractivity contribution in [3.8, 4) is 5.69 Å². The maximum absolute atomic E-state index is 14.2. The van der Waals surface area contributed by atoms with Gasteiger partial charge >= 0.3 is 5.97 Å². The maximum Gasteiger partial charge on any atom is 0.339 e. The Morgan fingerprint density at radius 1 is 1.33 bits per heavy atom. The van der Waals surface area contributed by atoms with E-state index in [4.69, 9.17) is 5.11 Å². The number of carbonyl (C=O) groups excluding carboxylic acids is 1. The number of carboxylic acids is 1. The van der Waals surface area contributed by atoms with Gasteiger partial charge in [-0.3, -0.25) is 9.48 Å². The fourth-order valence-electron chi connectivity index (χ4n) is 2.20. The summed E-state index contributed by atoms with van der Waals surface area (Å²) in [5.41, 5.74) is -0.0208. The molecule has 0 saturated heterocycles. The van der Waals surface area contributed by atoms with E-state index in [-0.39, 0.29) is 22.6 Å². The minimum Gasteiger partial charge on any atom is -0.478 e. The molecule has 9 heteroatoms. The molecule has 2 heterocycles. The number of aromatic carboxylic acids is 1. The van der Waals surface area contributed by atoms with Crippen molar-refractivity contribution < 1.29 is 19.1 Å². The number of benzene rings is 1.